The van der Waals surface area contributed by atoms with E-state index in [0.717, 1.165) is 50.6 Å². The first-order valence-corrected chi connectivity index (χ1v) is 10.3. The highest BCUT2D eigenvalue weighted by Gasteiger charge is 2.34. The van der Waals surface area contributed by atoms with Gasteiger partial charge in [-0.2, -0.15) is 0 Å². The fraction of sp³-hybridized carbons (Fsp3) is 0.667. The Morgan fingerprint density at radius 3 is 2.63 bits per heavy atom. The molecule has 2 aromatic rings. The monoisotopic (exact) mass is 371 g/mol. The Hall–Kier alpha value is -1.47. The molecular formula is C21H33N5O. The topological polar surface area (TPSA) is 47.8 Å². The number of aromatic nitrogens is 2. The number of aryl methyl sites for hydroxylation is 1. The molecule has 6 nitrogen and oxygen atoms in total. The molecule has 1 aromatic carbocycles. The summed E-state index contributed by atoms with van der Waals surface area (Å²) in [5.74, 6) is 2.04. The molecule has 2 aliphatic rings. The highest BCUT2D eigenvalue weighted by molar-refractivity contribution is 5.75. The molecule has 0 aliphatic carbocycles. The van der Waals surface area contributed by atoms with E-state index >= 15 is 0 Å². The molecule has 2 fully saturated rings. The van der Waals surface area contributed by atoms with Gasteiger partial charge in [-0.05, 0) is 50.5 Å². The van der Waals surface area contributed by atoms with Crippen LogP contribution in [0.25, 0.3) is 11.0 Å². The maximum atomic E-state index is 9.94. The number of hydrogen-bond acceptors (Lipinski definition) is 5. The van der Waals surface area contributed by atoms with Gasteiger partial charge in [-0.15, -0.1) is 0 Å². The molecule has 0 spiro atoms. The maximum Gasteiger partial charge on any atom is 0.123 e. The summed E-state index contributed by atoms with van der Waals surface area (Å²) < 4.78 is 2.21. The van der Waals surface area contributed by atoms with E-state index in [1.165, 1.54) is 25.0 Å². The van der Waals surface area contributed by atoms with E-state index in [2.05, 4.69) is 51.6 Å². The highest BCUT2D eigenvalue weighted by atomic mass is 16.3. The summed E-state index contributed by atoms with van der Waals surface area (Å²) in [6.07, 6.45) is 1.25. The van der Waals surface area contributed by atoms with Crippen LogP contribution in [0, 0.1) is 11.8 Å². The molecule has 4 rings (SSSR count). The third-order valence-electron chi connectivity index (χ3n) is 6.44. The van der Waals surface area contributed by atoms with Crippen molar-refractivity contribution >= 4 is 11.0 Å². The first-order valence-electron chi connectivity index (χ1n) is 10.3. The molecule has 1 aromatic heterocycles. The molecular weight excluding hydrogens is 338 g/mol. The lowest BCUT2D eigenvalue weighted by molar-refractivity contribution is 0.165. The van der Waals surface area contributed by atoms with Crippen LogP contribution in [0.3, 0.4) is 0 Å². The molecule has 0 saturated carbocycles. The number of para-hydroxylation sites is 2. The number of likely N-dealkylation sites (tertiary alicyclic amines) is 1. The number of rotatable bonds is 5. The number of nitrogens with zero attached hydrogens (tertiary/aromatic N) is 5. The molecule has 0 bridgehead atoms. The third-order valence-corrected chi connectivity index (χ3v) is 6.44. The molecule has 0 amide bonds. The first kappa shape index (κ1) is 18.9. The molecule has 0 unspecified atom stereocenters. The second-order valence-corrected chi connectivity index (χ2v) is 8.43. The predicted octanol–water partition coefficient (Wildman–Crippen LogP) is 1.25. The van der Waals surface area contributed by atoms with Crippen LogP contribution in [0.15, 0.2) is 24.3 Å². The Labute approximate surface area is 162 Å². The average Bonchev–Trinajstić information content (AvgIpc) is 3.12. The Bertz CT molecular complexity index is 760. The van der Waals surface area contributed by atoms with Crippen molar-refractivity contribution in [1.82, 2.24) is 24.3 Å². The molecule has 2 saturated heterocycles. The summed E-state index contributed by atoms with van der Waals surface area (Å²) in [4.78, 5) is 12.3. The van der Waals surface area contributed by atoms with Crippen LogP contribution in [0.1, 0.15) is 12.2 Å². The Kier molecular flexibility index (Phi) is 5.78. The van der Waals surface area contributed by atoms with E-state index < -0.39 is 0 Å². The largest absolute Gasteiger partial charge is 0.396 e. The van der Waals surface area contributed by atoms with E-state index in [0.29, 0.717) is 11.8 Å². The van der Waals surface area contributed by atoms with Gasteiger partial charge in [-0.3, -0.25) is 4.90 Å². The van der Waals surface area contributed by atoms with Crippen LogP contribution in [-0.4, -0.2) is 88.8 Å². The van der Waals surface area contributed by atoms with Gasteiger partial charge in [-0.25, -0.2) is 4.98 Å². The molecule has 3 heterocycles. The van der Waals surface area contributed by atoms with E-state index in [4.69, 9.17) is 4.98 Å². The van der Waals surface area contributed by atoms with Gasteiger partial charge in [0.1, 0.15) is 5.82 Å². The van der Waals surface area contributed by atoms with E-state index in [9.17, 15) is 5.11 Å². The summed E-state index contributed by atoms with van der Waals surface area (Å²) in [6.45, 7) is 8.97. The minimum absolute atomic E-state index is 0.289. The van der Waals surface area contributed by atoms with E-state index in [1.807, 2.05) is 6.07 Å². The predicted molar refractivity (Wildman–Crippen MR) is 109 cm³/mol. The van der Waals surface area contributed by atoms with Gasteiger partial charge in [0.25, 0.3) is 0 Å². The molecule has 0 radical (unpaired) electrons. The number of likely N-dealkylation sites (N-methyl/N-ethyl adjacent to an activating group) is 1. The van der Waals surface area contributed by atoms with Crippen LogP contribution in [0.5, 0.6) is 0 Å². The quantitative estimate of drug-likeness (QED) is 0.857. The van der Waals surface area contributed by atoms with Gasteiger partial charge < -0.3 is 19.5 Å². The van der Waals surface area contributed by atoms with E-state index in [1.54, 1.807) is 0 Å². The summed E-state index contributed by atoms with van der Waals surface area (Å²) in [7, 11) is 4.32. The van der Waals surface area contributed by atoms with Crippen molar-refractivity contribution in [3.05, 3.63) is 30.1 Å². The molecule has 27 heavy (non-hydrogen) atoms. The summed E-state index contributed by atoms with van der Waals surface area (Å²) in [6, 6.07) is 8.33. The zero-order valence-electron chi connectivity index (χ0n) is 16.7. The maximum absolute atomic E-state index is 9.94. The van der Waals surface area contributed by atoms with Crippen molar-refractivity contribution in [2.24, 2.45) is 18.9 Å². The Morgan fingerprint density at radius 2 is 1.81 bits per heavy atom. The number of imidazole rings is 1. The molecule has 2 aliphatic heterocycles. The van der Waals surface area contributed by atoms with Crippen molar-refractivity contribution in [2.75, 3.05) is 59.5 Å². The van der Waals surface area contributed by atoms with Crippen molar-refractivity contribution in [3.63, 3.8) is 0 Å². The van der Waals surface area contributed by atoms with Gasteiger partial charge in [0, 0.05) is 46.4 Å². The third kappa shape index (κ3) is 4.19. The minimum Gasteiger partial charge on any atom is -0.396 e. The van der Waals surface area contributed by atoms with Crippen LogP contribution in [0.4, 0.5) is 0 Å². The highest BCUT2D eigenvalue weighted by Crippen LogP contribution is 2.26. The molecule has 148 valence electrons. The van der Waals surface area contributed by atoms with Crippen LogP contribution >= 0.6 is 0 Å². The van der Waals surface area contributed by atoms with Crippen LogP contribution in [0.2, 0.25) is 0 Å². The fourth-order valence-electron chi connectivity index (χ4n) is 4.73. The Balaban J connectivity index is 1.40. The number of aliphatic hydroxyl groups is 1. The van der Waals surface area contributed by atoms with Crippen molar-refractivity contribution in [2.45, 2.75) is 13.0 Å². The summed E-state index contributed by atoms with van der Waals surface area (Å²) in [5.41, 5.74) is 2.26. The summed E-state index contributed by atoms with van der Waals surface area (Å²) >= 11 is 0. The van der Waals surface area contributed by atoms with Gasteiger partial charge in [-0.1, -0.05) is 12.1 Å². The zero-order chi connectivity index (χ0) is 18.8. The lowest BCUT2D eigenvalue weighted by Gasteiger charge is -2.26. The number of fused-ring (bicyclic) bond motifs is 1. The molecule has 2 atom stereocenters. The number of hydrogen-bond donors (Lipinski definition) is 1. The van der Waals surface area contributed by atoms with Gasteiger partial charge >= 0.3 is 0 Å². The second kappa shape index (κ2) is 8.27. The number of benzene rings is 1. The fourth-order valence-corrected chi connectivity index (χ4v) is 4.73. The van der Waals surface area contributed by atoms with Crippen molar-refractivity contribution in [3.8, 4) is 0 Å². The Morgan fingerprint density at radius 1 is 1.00 bits per heavy atom. The lowest BCUT2D eigenvalue weighted by Crippen LogP contribution is -2.36. The lowest BCUT2D eigenvalue weighted by atomic mass is 9.96. The van der Waals surface area contributed by atoms with E-state index in [-0.39, 0.29) is 6.61 Å². The minimum atomic E-state index is 0.289. The van der Waals surface area contributed by atoms with Crippen molar-refractivity contribution in [1.29, 1.82) is 0 Å². The molecule has 6 heteroatoms. The van der Waals surface area contributed by atoms with Crippen LogP contribution < -0.4 is 0 Å². The van der Waals surface area contributed by atoms with Gasteiger partial charge in [0.2, 0.25) is 0 Å². The van der Waals surface area contributed by atoms with Crippen LogP contribution in [-0.2, 0) is 13.6 Å². The molecule has 1 N–H and O–H groups in total. The first-order chi connectivity index (χ1) is 13.1. The second-order valence-electron chi connectivity index (χ2n) is 8.43. The SMILES string of the molecule is CN1CCCN(C[C@@H]2CN(Cc3nc4ccccc4n3C)C[C@@H]2CO)CC1. The van der Waals surface area contributed by atoms with Crippen molar-refractivity contribution < 1.29 is 5.11 Å². The smallest absolute Gasteiger partial charge is 0.123 e. The van der Waals surface area contributed by atoms with Gasteiger partial charge in [0.05, 0.1) is 17.6 Å². The standard InChI is InChI=1S/C21H33N5O/c1-23-8-5-9-25(11-10-23)12-17-13-26(14-18(17)16-27)15-21-22-19-6-3-4-7-20(19)24(21)2/h3-4,6-7,17-18,27H,5,8-16H2,1-2H3/t17-,18-/m1/s1. The average molecular weight is 372 g/mol. The van der Waals surface area contributed by atoms with Gasteiger partial charge in [0.15, 0.2) is 0 Å². The number of aliphatic hydroxyl groups excluding tert-OH is 1. The normalized spacial score (nSPS) is 26.0. The zero-order valence-corrected chi connectivity index (χ0v) is 16.7. The summed E-state index contributed by atoms with van der Waals surface area (Å²) in [5, 5.41) is 9.94.